The highest BCUT2D eigenvalue weighted by Crippen LogP contribution is 2.21. The monoisotopic (exact) mass is 415 g/mol. The number of thiazole rings is 1. The predicted octanol–water partition coefficient (Wildman–Crippen LogP) is 2.81. The second kappa shape index (κ2) is 10.4. The van der Waals surface area contributed by atoms with Crippen LogP contribution in [0.5, 0.6) is 0 Å². The molecule has 1 aliphatic rings. The minimum Gasteiger partial charge on any atom is -0.355 e. The molecule has 7 nitrogen and oxygen atoms in total. The minimum atomic E-state index is -0.0524. The molecule has 0 saturated carbocycles. The van der Waals surface area contributed by atoms with Gasteiger partial charge < -0.3 is 15.5 Å². The van der Waals surface area contributed by atoms with Crippen LogP contribution < -0.4 is 10.6 Å². The van der Waals surface area contributed by atoms with Crippen LogP contribution in [0.25, 0.3) is 0 Å². The molecule has 1 saturated heterocycles. The lowest BCUT2D eigenvalue weighted by molar-refractivity contribution is -0.122. The van der Waals surface area contributed by atoms with Crippen LogP contribution in [0.2, 0.25) is 0 Å². The number of piperazine rings is 1. The molecular weight excluding hydrogens is 386 g/mol. The number of nitrogens with one attached hydrogen (secondary N) is 2. The Hall–Kier alpha value is -2.45. The van der Waals surface area contributed by atoms with Crippen molar-refractivity contribution in [3.63, 3.8) is 0 Å². The topological polar surface area (TPSA) is 77.6 Å². The third kappa shape index (κ3) is 6.54. The SMILES string of the molecule is CC(C)CCNC(=O)CN1CCN(C(=O)c2csc(Nc3ccccc3)n2)CC1. The van der Waals surface area contributed by atoms with E-state index in [-0.39, 0.29) is 11.8 Å². The van der Waals surface area contributed by atoms with Crippen molar-refractivity contribution in [2.45, 2.75) is 20.3 Å². The zero-order valence-electron chi connectivity index (χ0n) is 17.1. The lowest BCUT2D eigenvalue weighted by atomic mass is 10.1. The zero-order chi connectivity index (χ0) is 20.6. The van der Waals surface area contributed by atoms with Gasteiger partial charge in [0, 0.05) is 43.8 Å². The summed E-state index contributed by atoms with van der Waals surface area (Å²) in [5.41, 5.74) is 1.41. The third-order valence-corrected chi connectivity index (χ3v) is 5.58. The van der Waals surface area contributed by atoms with Gasteiger partial charge in [-0.3, -0.25) is 14.5 Å². The molecule has 0 atom stereocenters. The quantitative estimate of drug-likeness (QED) is 0.693. The third-order valence-electron chi connectivity index (χ3n) is 4.82. The molecule has 2 heterocycles. The summed E-state index contributed by atoms with van der Waals surface area (Å²) in [6, 6.07) is 9.78. The number of para-hydroxylation sites is 1. The first-order valence-electron chi connectivity index (χ1n) is 10.1. The van der Waals surface area contributed by atoms with Gasteiger partial charge in [-0.25, -0.2) is 4.98 Å². The molecule has 1 aromatic carbocycles. The van der Waals surface area contributed by atoms with Crippen LogP contribution in [0.15, 0.2) is 35.7 Å². The summed E-state index contributed by atoms with van der Waals surface area (Å²) in [6.07, 6.45) is 0.989. The van der Waals surface area contributed by atoms with Crippen LogP contribution >= 0.6 is 11.3 Å². The van der Waals surface area contributed by atoms with Gasteiger partial charge in [-0.2, -0.15) is 0 Å². The van der Waals surface area contributed by atoms with E-state index >= 15 is 0 Å². The minimum absolute atomic E-state index is 0.0524. The number of rotatable bonds is 8. The summed E-state index contributed by atoms with van der Waals surface area (Å²) in [7, 11) is 0. The summed E-state index contributed by atoms with van der Waals surface area (Å²) < 4.78 is 0. The van der Waals surface area contributed by atoms with Gasteiger partial charge in [-0.1, -0.05) is 32.0 Å². The average Bonchev–Trinajstić information content (AvgIpc) is 3.17. The van der Waals surface area contributed by atoms with Gasteiger partial charge in [0.2, 0.25) is 5.91 Å². The highest BCUT2D eigenvalue weighted by Gasteiger charge is 2.24. The van der Waals surface area contributed by atoms with Crippen LogP contribution in [0, 0.1) is 5.92 Å². The van der Waals surface area contributed by atoms with E-state index in [1.165, 1.54) is 11.3 Å². The Morgan fingerprint density at radius 2 is 1.86 bits per heavy atom. The fourth-order valence-corrected chi connectivity index (χ4v) is 3.81. The number of anilines is 2. The molecule has 2 amide bonds. The van der Waals surface area contributed by atoms with E-state index in [4.69, 9.17) is 0 Å². The fraction of sp³-hybridized carbons (Fsp3) is 0.476. The van der Waals surface area contributed by atoms with Gasteiger partial charge in [0.1, 0.15) is 5.69 Å². The molecule has 2 N–H and O–H groups in total. The Bertz CT molecular complexity index is 800. The number of benzene rings is 1. The summed E-state index contributed by atoms with van der Waals surface area (Å²) >= 11 is 1.42. The van der Waals surface area contributed by atoms with E-state index in [0.717, 1.165) is 18.7 Å². The Kier molecular flexibility index (Phi) is 7.60. The average molecular weight is 416 g/mol. The van der Waals surface area contributed by atoms with E-state index in [1.54, 1.807) is 5.38 Å². The van der Waals surface area contributed by atoms with Crippen molar-refractivity contribution in [1.82, 2.24) is 20.1 Å². The molecule has 2 aromatic rings. The number of nitrogens with zero attached hydrogens (tertiary/aromatic N) is 3. The lowest BCUT2D eigenvalue weighted by Crippen LogP contribution is -2.51. The highest BCUT2D eigenvalue weighted by atomic mass is 32.1. The van der Waals surface area contributed by atoms with E-state index in [1.807, 2.05) is 35.2 Å². The van der Waals surface area contributed by atoms with Crippen LogP contribution in [0.3, 0.4) is 0 Å². The Balaban J connectivity index is 1.43. The number of aromatic nitrogens is 1. The van der Waals surface area contributed by atoms with Crippen molar-refractivity contribution < 1.29 is 9.59 Å². The van der Waals surface area contributed by atoms with Crippen molar-refractivity contribution in [2.24, 2.45) is 5.92 Å². The summed E-state index contributed by atoms with van der Waals surface area (Å²) in [5.74, 6) is 0.587. The van der Waals surface area contributed by atoms with Crippen LogP contribution in [-0.2, 0) is 4.79 Å². The summed E-state index contributed by atoms with van der Waals surface area (Å²) in [6.45, 7) is 8.01. The molecule has 3 rings (SSSR count). The Morgan fingerprint density at radius 3 is 2.55 bits per heavy atom. The normalized spacial score (nSPS) is 14.8. The molecule has 1 aliphatic heterocycles. The molecule has 8 heteroatoms. The van der Waals surface area contributed by atoms with Gasteiger partial charge in [-0.05, 0) is 24.5 Å². The highest BCUT2D eigenvalue weighted by molar-refractivity contribution is 7.14. The van der Waals surface area contributed by atoms with Gasteiger partial charge in [0.05, 0.1) is 6.54 Å². The first-order valence-corrected chi connectivity index (χ1v) is 10.9. The molecule has 156 valence electrons. The fourth-order valence-electron chi connectivity index (χ4n) is 3.10. The summed E-state index contributed by atoms with van der Waals surface area (Å²) in [5, 5.41) is 8.68. The number of hydrogen-bond donors (Lipinski definition) is 2. The van der Waals surface area contributed by atoms with Gasteiger partial charge >= 0.3 is 0 Å². The van der Waals surface area contributed by atoms with E-state index in [2.05, 4.69) is 34.4 Å². The molecule has 0 radical (unpaired) electrons. The predicted molar refractivity (Wildman–Crippen MR) is 117 cm³/mol. The van der Waals surface area contributed by atoms with Gasteiger partial charge in [-0.15, -0.1) is 11.3 Å². The number of amides is 2. The van der Waals surface area contributed by atoms with E-state index in [9.17, 15) is 9.59 Å². The zero-order valence-corrected chi connectivity index (χ0v) is 17.9. The molecule has 0 bridgehead atoms. The van der Waals surface area contributed by atoms with Gasteiger partial charge in [0.15, 0.2) is 5.13 Å². The number of carbonyl (C=O) groups is 2. The van der Waals surface area contributed by atoms with Crippen LogP contribution in [0.4, 0.5) is 10.8 Å². The first kappa shape index (κ1) is 21.3. The molecule has 1 aromatic heterocycles. The molecule has 0 aliphatic carbocycles. The number of hydrogen-bond acceptors (Lipinski definition) is 6. The maximum atomic E-state index is 12.7. The molecule has 0 unspecified atom stereocenters. The molecular formula is C21H29N5O2S. The van der Waals surface area contributed by atoms with Crippen molar-refractivity contribution in [3.8, 4) is 0 Å². The smallest absolute Gasteiger partial charge is 0.273 e. The first-order chi connectivity index (χ1) is 14.0. The summed E-state index contributed by atoms with van der Waals surface area (Å²) in [4.78, 5) is 33.1. The standard InChI is InChI=1S/C21H29N5O2S/c1-16(2)8-9-22-19(27)14-25-10-12-26(13-11-25)20(28)18-15-29-21(24-18)23-17-6-4-3-5-7-17/h3-7,15-16H,8-14H2,1-2H3,(H,22,27)(H,23,24). The molecule has 29 heavy (non-hydrogen) atoms. The van der Waals surface area contributed by atoms with E-state index in [0.29, 0.717) is 49.5 Å². The lowest BCUT2D eigenvalue weighted by Gasteiger charge is -2.34. The maximum absolute atomic E-state index is 12.7. The van der Waals surface area contributed by atoms with Crippen molar-refractivity contribution in [1.29, 1.82) is 0 Å². The van der Waals surface area contributed by atoms with Crippen molar-refractivity contribution in [2.75, 3.05) is 44.6 Å². The van der Waals surface area contributed by atoms with E-state index < -0.39 is 0 Å². The van der Waals surface area contributed by atoms with Crippen molar-refractivity contribution >= 4 is 34.0 Å². The molecule has 1 fully saturated rings. The maximum Gasteiger partial charge on any atom is 0.273 e. The van der Waals surface area contributed by atoms with Crippen LogP contribution in [-0.4, -0.2) is 65.9 Å². The second-order valence-corrected chi connectivity index (χ2v) is 8.49. The van der Waals surface area contributed by atoms with Gasteiger partial charge in [0.25, 0.3) is 5.91 Å². The Labute approximate surface area is 176 Å². The van der Waals surface area contributed by atoms with Crippen LogP contribution in [0.1, 0.15) is 30.8 Å². The second-order valence-electron chi connectivity index (χ2n) is 7.63. The largest absolute Gasteiger partial charge is 0.355 e. The molecule has 0 spiro atoms. The Morgan fingerprint density at radius 1 is 1.14 bits per heavy atom. The van der Waals surface area contributed by atoms with Crippen molar-refractivity contribution in [3.05, 3.63) is 41.4 Å². The number of carbonyl (C=O) groups excluding carboxylic acids is 2.